The molecular weight excluding hydrogens is 256 g/mol. The Balaban J connectivity index is 1.87. The highest BCUT2D eigenvalue weighted by Gasteiger charge is 2.27. The molecule has 108 valence electrons. The van der Waals surface area contributed by atoms with Gasteiger partial charge in [0.1, 0.15) is 0 Å². The average Bonchev–Trinajstić information content (AvgIpc) is 2.46. The van der Waals surface area contributed by atoms with Gasteiger partial charge in [-0.25, -0.2) is 4.79 Å². The highest BCUT2D eigenvalue weighted by Crippen LogP contribution is 2.20. The zero-order valence-corrected chi connectivity index (χ0v) is 11.9. The maximum atomic E-state index is 12.2. The van der Waals surface area contributed by atoms with Crippen LogP contribution in [0.25, 0.3) is 0 Å². The van der Waals surface area contributed by atoms with E-state index in [0.717, 1.165) is 11.3 Å². The fourth-order valence-corrected chi connectivity index (χ4v) is 2.42. The third-order valence-corrected chi connectivity index (χ3v) is 3.58. The molecule has 1 aromatic rings. The zero-order valence-electron chi connectivity index (χ0n) is 11.9. The number of hydrogen-bond donors (Lipinski definition) is 1. The summed E-state index contributed by atoms with van der Waals surface area (Å²) in [5, 5.41) is 2.94. The highest BCUT2D eigenvalue weighted by atomic mass is 16.5. The predicted octanol–water partition coefficient (Wildman–Crippen LogP) is 2.41. The normalized spacial score (nSPS) is 15.8. The van der Waals surface area contributed by atoms with Crippen LogP contribution in [-0.4, -0.2) is 37.1 Å². The van der Waals surface area contributed by atoms with Gasteiger partial charge in [-0.05, 0) is 37.5 Å². The number of ether oxygens (including phenoxy) is 1. The van der Waals surface area contributed by atoms with E-state index in [0.29, 0.717) is 25.9 Å². The van der Waals surface area contributed by atoms with E-state index in [9.17, 15) is 9.59 Å². The summed E-state index contributed by atoms with van der Waals surface area (Å²) in [5.74, 6) is -0.0171. The van der Waals surface area contributed by atoms with Crippen LogP contribution in [0.1, 0.15) is 18.4 Å². The summed E-state index contributed by atoms with van der Waals surface area (Å²) in [6, 6.07) is 7.74. The first-order chi connectivity index (χ1) is 9.60. The van der Waals surface area contributed by atoms with Crippen LogP contribution in [0.4, 0.5) is 10.5 Å². The number of aryl methyl sites for hydroxylation is 1. The zero-order chi connectivity index (χ0) is 14.5. The minimum absolute atomic E-state index is 0.0279. The maximum absolute atomic E-state index is 12.2. The van der Waals surface area contributed by atoms with Gasteiger partial charge >= 0.3 is 6.09 Å². The summed E-state index contributed by atoms with van der Waals surface area (Å²) in [4.78, 5) is 25.2. The van der Waals surface area contributed by atoms with Crippen molar-refractivity contribution in [1.29, 1.82) is 0 Å². The topological polar surface area (TPSA) is 58.6 Å². The molecule has 0 aromatic heterocycles. The lowest BCUT2D eigenvalue weighted by molar-refractivity contribution is -0.121. The molecule has 5 heteroatoms. The fraction of sp³-hybridized carbons (Fsp3) is 0.467. The summed E-state index contributed by atoms with van der Waals surface area (Å²) in [7, 11) is 1.37. The summed E-state index contributed by atoms with van der Waals surface area (Å²) in [5.41, 5.74) is 1.94. The Kier molecular flexibility index (Phi) is 4.61. The lowest BCUT2D eigenvalue weighted by Crippen LogP contribution is -2.41. The molecule has 0 atom stereocenters. The first kappa shape index (κ1) is 14.4. The third-order valence-electron chi connectivity index (χ3n) is 3.58. The van der Waals surface area contributed by atoms with Gasteiger partial charge in [0.2, 0.25) is 5.91 Å². The third kappa shape index (κ3) is 3.50. The van der Waals surface area contributed by atoms with Gasteiger partial charge in [-0.3, -0.25) is 4.79 Å². The number of hydrogen-bond acceptors (Lipinski definition) is 3. The standard InChI is InChI=1S/C15H20N2O3/c1-11-4-3-5-13(10-11)16-14(18)12-6-8-17(9-7-12)15(19)20-2/h3-5,10,12H,6-9H2,1-2H3,(H,16,18). The Hall–Kier alpha value is -2.04. The van der Waals surface area contributed by atoms with E-state index in [1.54, 1.807) is 4.90 Å². The first-order valence-corrected chi connectivity index (χ1v) is 6.80. The number of nitrogens with zero attached hydrogens (tertiary/aromatic N) is 1. The Morgan fingerprint density at radius 2 is 2.00 bits per heavy atom. The van der Waals surface area contributed by atoms with Crippen LogP contribution in [0, 0.1) is 12.8 Å². The number of carbonyl (C=O) groups excluding carboxylic acids is 2. The Morgan fingerprint density at radius 1 is 1.30 bits per heavy atom. The van der Waals surface area contributed by atoms with Gasteiger partial charge in [-0.1, -0.05) is 12.1 Å². The molecule has 1 fully saturated rings. The van der Waals surface area contributed by atoms with E-state index in [1.165, 1.54) is 7.11 Å². The number of nitrogens with one attached hydrogen (secondary N) is 1. The van der Waals surface area contributed by atoms with Crippen molar-refractivity contribution < 1.29 is 14.3 Å². The van der Waals surface area contributed by atoms with Gasteiger partial charge < -0.3 is 15.0 Å². The molecule has 1 N–H and O–H groups in total. The SMILES string of the molecule is COC(=O)N1CCC(C(=O)Nc2cccc(C)c2)CC1. The van der Waals surface area contributed by atoms with Crippen molar-refractivity contribution in [3.8, 4) is 0 Å². The molecule has 0 aliphatic carbocycles. The molecule has 5 nitrogen and oxygen atoms in total. The van der Waals surface area contributed by atoms with Gasteiger partial charge in [0.15, 0.2) is 0 Å². The van der Waals surface area contributed by atoms with E-state index in [4.69, 9.17) is 0 Å². The highest BCUT2D eigenvalue weighted by molar-refractivity contribution is 5.92. The van der Waals surface area contributed by atoms with Crippen molar-refractivity contribution in [2.24, 2.45) is 5.92 Å². The van der Waals surface area contributed by atoms with Gasteiger partial charge in [0.05, 0.1) is 7.11 Å². The molecule has 2 amide bonds. The summed E-state index contributed by atoms with van der Waals surface area (Å²) >= 11 is 0. The number of rotatable bonds is 2. The number of likely N-dealkylation sites (tertiary alicyclic amines) is 1. The second-order valence-electron chi connectivity index (χ2n) is 5.09. The molecule has 1 saturated heterocycles. The molecule has 2 rings (SSSR count). The van der Waals surface area contributed by atoms with Crippen molar-refractivity contribution in [2.75, 3.05) is 25.5 Å². The first-order valence-electron chi connectivity index (χ1n) is 6.80. The van der Waals surface area contributed by atoms with Crippen LogP contribution in [0.3, 0.4) is 0 Å². The molecule has 1 aliphatic rings. The van der Waals surface area contributed by atoms with Crippen molar-refractivity contribution in [3.63, 3.8) is 0 Å². The molecule has 1 aliphatic heterocycles. The fourth-order valence-electron chi connectivity index (χ4n) is 2.42. The van der Waals surface area contributed by atoms with E-state index in [2.05, 4.69) is 10.1 Å². The molecule has 0 spiro atoms. The Morgan fingerprint density at radius 3 is 2.60 bits per heavy atom. The maximum Gasteiger partial charge on any atom is 0.409 e. The minimum atomic E-state index is -0.317. The molecule has 20 heavy (non-hydrogen) atoms. The number of carbonyl (C=O) groups is 2. The van der Waals surface area contributed by atoms with E-state index < -0.39 is 0 Å². The molecule has 0 bridgehead atoms. The van der Waals surface area contributed by atoms with Crippen LogP contribution < -0.4 is 5.32 Å². The quantitative estimate of drug-likeness (QED) is 0.902. The molecule has 0 saturated carbocycles. The molecule has 1 aromatic carbocycles. The largest absolute Gasteiger partial charge is 0.453 e. The van der Waals surface area contributed by atoms with Gasteiger partial charge in [-0.2, -0.15) is 0 Å². The van der Waals surface area contributed by atoms with Gasteiger partial charge in [0, 0.05) is 24.7 Å². The van der Waals surface area contributed by atoms with Crippen molar-refractivity contribution >= 4 is 17.7 Å². The van der Waals surface area contributed by atoms with Crippen molar-refractivity contribution in [2.45, 2.75) is 19.8 Å². The predicted molar refractivity (Wildman–Crippen MR) is 76.5 cm³/mol. The monoisotopic (exact) mass is 276 g/mol. The Bertz CT molecular complexity index is 494. The van der Waals surface area contributed by atoms with Crippen LogP contribution in [0.5, 0.6) is 0 Å². The number of methoxy groups -OCH3 is 1. The number of piperidine rings is 1. The van der Waals surface area contributed by atoms with Crippen molar-refractivity contribution in [3.05, 3.63) is 29.8 Å². The van der Waals surface area contributed by atoms with Gasteiger partial charge in [0.25, 0.3) is 0 Å². The minimum Gasteiger partial charge on any atom is -0.453 e. The van der Waals surface area contributed by atoms with Crippen LogP contribution >= 0.6 is 0 Å². The lowest BCUT2D eigenvalue weighted by atomic mass is 9.96. The molecular formula is C15H20N2O3. The average molecular weight is 276 g/mol. The van der Waals surface area contributed by atoms with E-state index in [1.807, 2.05) is 31.2 Å². The van der Waals surface area contributed by atoms with Crippen molar-refractivity contribution in [1.82, 2.24) is 4.90 Å². The second-order valence-corrected chi connectivity index (χ2v) is 5.09. The smallest absolute Gasteiger partial charge is 0.409 e. The van der Waals surface area contributed by atoms with Crippen LogP contribution in [-0.2, 0) is 9.53 Å². The Labute approximate surface area is 118 Å². The summed E-state index contributed by atoms with van der Waals surface area (Å²) in [6.07, 6.45) is 1.03. The van der Waals surface area contributed by atoms with Crippen LogP contribution in [0.2, 0.25) is 0 Å². The number of benzene rings is 1. The second kappa shape index (κ2) is 6.41. The number of amides is 2. The van der Waals surface area contributed by atoms with E-state index >= 15 is 0 Å². The van der Waals surface area contributed by atoms with E-state index in [-0.39, 0.29) is 17.9 Å². The summed E-state index contributed by atoms with van der Waals surface area (Å²) in [6.45, 7) is 3.13. The van der Waals surface area contributed by atoms with Crippen LogP contribution in [0.15, 0.2) is 24.3 Å². The van der Waals surface area contributed by atoms with Gasteiger partial charge in [-0.15, -0.1) is 0 Å². The molecule has 0 unspecified atom stereocenters. The molecule has 0 radical (unpaired) electrons. The lowest BCUT2D eigenvalue weighted by Gasteiger charge is -2.30. The molecule has 1 heterocycles. The summed E-state index contributed by atoms with van der Waals surface area (Å²) < 4.78 is 4.68. The number of anilines is 1.